The summed E-state index contributed by atoms with van der Waals surface area (Å²) in [5.41, 5.74) is 3.13. The number of thiazole rings is 1. The molecular weight excluding hydrogens is 292 g/mol. The lowest BCUT2D eigenvalue weighted by Crippen LogP contribution is -2.31. The summed E-state index contributed by atoms with van der Waals surface area (Å²) in [4.78, 5) is 17.8. The number of hydrogen-bond donors (Lipinski definition) is 0. The van der Waals surface area contributed by atoms with Crippen LogP contribution in [0.3, 0.4) is 0 Å². The highest BCUT2D eigenvalue weighted by Gasteiger charge is 2.19. The van der Waals surface area contributed by atoms with Gasteiger partial charge in [0.1, 0.15) is 16.5 Å². The smallest absolute Gasteiger partial charge is 0.142 e. The first-order valence-electron chi connectivity index (χ1n) is 7.99. The summed E-state index contributed by atoms with van der Waals surface area (Å²) in [5, 5.41) is 1.02. The van der Waals surface area contributed by atoms with Crippen molar-refractivity contribution >= 4 is 11.3 Å². The SMILES string of the molecule is Cc1cc(-c2nc(C)c(C)s2)nc(CC2CCN(C)CC2)n1. The van der Waals surface area contributed by atoms with E-state index in [1.54, 1.807) is 11.3 Å². The molecule has 0 spiro atoms. The number of likely N-dealkylation sites (tertiary alicyclic amines) is 1. The topological polar surface area (TPSA) is 41.9 Å². The number of piperidine rings is 1. The number of rotatable bonds is 3. The van der Waals surface area contributed by atoms with Gasteiger partial charge >= 0.3 is 0 Å². The Morgan fingerprint density at radius 1 is 1.14 bits per heavy atom. The summed E-state index contributed by atoms with van der Waals surface area (Å²) in [6.07, 6.45) is 3.49. The fourth-order valence-electron chi connectivity index (χ4n) is 2.94. The van der Waals surface area contributed by atoms with Crippen molar-refractivity contribution in [2.75, 3.05) is 20.1 Å². The van der Waals surface area contributed by atoms with Gasteiger partial charge in [-0.1, -0.05) is 0 Å². The zero-order valence-corrected chi connectivity index (χ0v) is 14.7. The molecule has 0 saturated carbocycles. The first kappa shape index (κ1) is 15.6. The molecule has 1 aliphatic rings. The zero-order valence-electron chi connectivity index (χ0n) is 13.9. The first-order valence-corrected chi connectivity index (χ1v) is 8.80. The number of hydrogen-bond acceptors (Lipinski definition) is 5. The molecule has 22 heavy (non-hydrogen) atoms. The van der Waals surface area contributed by atoms with Gasteiger partial charge in [0.05, 0.1) is 5.69 Å². The molecule has 1 saturated heterocycles. The molecular formula is C17H24N4S. The normalized spacial score (nSPS) is 17.1. The summed E-state index contributed by atoms with van der Waals surface area (Å²) >= 11 is 1.72. The summed E-state index contributed by atoms with van der Waals surface area (Å²) < 4.78 is 0. The third-order valence-corrected chi connectivity index (χ3v) is 5.55. The third kappa shape index (κ3) is 3.52. The zero-order chi connectivity index (χ0) is 15.7. The fraction of sp³-hybridized carbons (Fsp3) is 0.588. The van der Waals surface area contributed by atoms with Gasteiger partial charge in [-0.25, -0.2) is 15.0 Å². The molecule has 0 amide bonds. The molecule has 0 N–H and O–H groups in total. The molecule has 118 valence electrons. The van der Waals surface area contributed by atoms with Crippen molar-refractivity contribution in [3.63, 3.8) is 0 Å². The molecule has 3 heterocycles. The van der Waals surface area contributed by atoms with E-state index in [4.69, 9.17) is 4.98 Å². The van der Waals surface area contributed by atoms with Crippen molar-refractivity contribution in [1.29, 1.82) is 0 Å². The van der Waals surface area contributed by atoms with Gasteiger partial charge in [-0.05, 0) is 65.7 Å². The van der Waals surface area contributed by atoms with Crippen LogP contribution in [0.5, 0.6) is 0 Å². The summed E-state index contributed by atoms with van der Waals surface area (Å²) in [5.74, 6) is 1.70. The Bertz CT molecular complexity index is 637. The van der Waals surface area contributed by atoms with Crippen LogP contribution in [0.2, 0.25) is 0 Å². The van der Waals surface area contributed by atoms with E-state index in [9.17, 15) is 0 Å². The third-order valence-electron chi connectivity index (χ3n) is 4.46. The maximum absolute atomic E-state index is 4.79. The first-order chi connectivity index (χ1) is 10.5. The molecule has 2 aromatic rings. The van der Waals surface area contributed by atoms with E-state index in [2.05, 4.69) is 48.8 Å². The maximum atomic E-state index is 4.79. The van der Waals surface area contributed by atoms with Crippen molar-refractivity contribution in [2.45, 2.75) is 40.0 Å². The maximum Gasteiger partial charge on any atom is 0.142 e. The van der Waals surface area contributed by atoms with E-state index in [-0.39, 0.29) is 0 Å². The van der Waals surface area contributed by atoms with Gasteiger partial charge in [0.25, 0.3) is 0 Å². The number of aryl methyl sites for hydroxylation is 3. The van der Waals surface area contributed by atoms with E-state index < -0.39 is 0 Å². The second kappa shape index (κ2) is 6.42. The Hall–Kier alpha value is -1.33. The average molecular weight is 316 g/mol. The largest absolute Gasteiger partial charge is 0.306 e. The van der Waals surface area contributed by atoms with Crippen molar-refractivity contribution in [3.05, 3.63) is 28.2 Å². The van der Waals surface area contributed by atoms with Crippen LogP contribution in [0, 0.1) is 26.7 Å². The van der Waals surface area contributed by atoms with Crippen molar-refractivity contribution in [3.8, 4) is 10.7 Å². The van der Waals surface area contributed by atoms with Gasteiger partial charge in [-0.2, -0.15) is 0 Å². The average Bonchev–Trinajstić information content (AvgIpc) is 2.81. The highest BCUT2D eigenvalue weighted by molar-refractivity contribution is 7.15. The highest BCUT2D eigenvalue weighted by Crippen LogP contribution is 2.27. The quantitative estimate of drug-likeness (QED) is 0.870. The minimum Gasteiger partial charge on any atom is -0.306 e. The Balaban J connectivity index is 1.80. The minimum atomic E-state index is 0.714. The molecule has 3 rings (SSSR count). The van der Waals surface area contributed by atoms with Crippen LogP contribution in [0.15, 0.2) is 6.07 Å². The van der Waals surface area contributed by atoms with Crippen molar-refractivity contribution in [1.82, 2.24) is 19.9 Å². The van der Waals surface area contributed by atoms with Crippen LogP contribution >= 0.6 is 11.3 Å². The molecule has 0 aliphatic carbocycles. The van der Waals surface area contributed by atoms with Gasteiger partial charge < -0.3 is 4.90 Å². The molecule has 0 atom stereocenters. The lowest BCUT2D eigenvalue weighted by atomic mass is 9.93. The Labute approximate surface area is 136 Å². The minimum absolute atomic E-state index is 0.714. The Morgan fingerprint density at radius 3 is 2.50 bits per heavy atom. The number of aromatic nitrogens is 3. The van der Waals surface area contributed by atoms with E-state index in [0.29, 0.717) is 5.92 Å². The van der Waals surface area contributed by atoms with E-state index in [0.717, 1.165) is 34.3 Å². The van der Waals surface area contributed by atoms with Gasteiger partial charge in [0.2, 0.25) is 0 Å². The van der Waals surface area contributed by atoms with Crippen molar-refractivity contribution in [2.24, 2.45) is 5.92 Å². The second-order valence-electron chi connectivity index (χ2n) is 6.42. The van der Waals surface area contributed by atoms with E-state index in [1.165, 1.54) is 30.8 Å². The van der Waals surface area contributed by atoms with Crippen LogP contribution in [0.1, 0.15) is 34.9 Å². The predicted molar refractivity (Wildman–Crippen MR) is 91.3 cm³/mol. The van der Waals surface area contributed by atoms with Gasteiger partial charge in [-0.3, -0.25) is 0 Å². The van der Waals surface area contributed by atoms with Crippen LogP contribution in [-0.4, -0.2) is 40.0 Å². The summed E-state index contributed by atoms with van der Waals surface area (Å²) in [6, 6.07) is 2.05. The molecule has 4 nitrogen and oxygen atoms in total. The molecule has 0 radical (unpaired) electrons. The number of nitrogens with zero attached hydrogens (tertiary/aromatic N) is 4. The molecule has 0 aromatic carbocycles. The highest BCUT2D eigenvalue weighted by atomic mass is 32.1. The molecule has 2 aromatic heterocycles. The van der Waals surface area contributed by atoms with Crippen LogP contribution in [0.25, 0.3) is 10.7 Å². The second-order valence-corrected chi connectivity index (χ2v) is 7.63. The lowest BCUT2D eigenvalue weighted by Gasteiger charge is -2.28. The van der Waals surface area contributed by atoms with E-state index in [1.807, 2.05) is 0 Å². The molecule has 0 unspecified atom stereocenters. The Kier molecular flexibility index (Phi) is 4.54. The predicted octanol–water partition coefficient (Wildman–Crippen LogP) is 3.41. The lowest BCUT2D eigenvalue weighted by molar-refractivity contribution is 0.217. The Morgan fingerprint density at radius 2 is 1.86 bits per heavy atom. The van der Waals surface area contributed by atoms with Crippen LogP contribution in [0.4, 0.5) is 0 Å². The molecule has 0 bridgehead atoms. The van der Waals surface area contributed by atoms with E-state index >= 15 is 0 Å². The van der Waals surface area contributed by atoms with Crippen LogP contribution < -0.4 is 0 Å². The van der Waals surface area contributed by atoms with Crippen LogP contribution in [-0.2, 0) is 6.42 Å². The standard InChI is InChI=1S/C17H24N4S/c1-11-9-15(17-19-12(2)13(3)22-17)20-16(18-11)10-14-5-7-21(4)8-6-14/h9,14H,5-8,10H2,1-4H3. The van der Waals surface area contributed by atoms with Gasteiger partial charge in [0, 0.05) is 17.0 Å². The monoisotopic (exact) mass is 316 g/mol. The summed E-state index contributed by atoms with van der Waals surface area (Å²) in [7, 11) is 2.20. The molecule has 1 aliphatic heterocycles. The van der Waals surface area contributed by atoms with Crippen molar-refractivity contribution < 1.29 is 0 Å². The summed E-state index contributed by atoms with van der Waals surface area (Å²) in [6.45, 7) is 8.60. The fourth-order valence-corrected chi connectivity index (χ4v) is 3.81. The molecule has 5 heteroatoms. The van der Waals surface area contributed by atoms with Gasteiger partial charge in [0.15, 0.2) is 0 Å². The molecule has 1 fully saturated rings. The van der Waals surface area contributed by atoms with Gasteiger partial charge in [-0.15, -0.1) is 11.3 Å².